The van der Waals surface area contributed by atoms with Crippen LogP contribution in [0.15, 0.2) is 24.3 Å². The molecule has 2 N–H and O–H groups in total. The van der Waals surface area contributed by atoms with Crippen molar-refractivity contribution in [2.45, 2.75) is 57.4 Å². The Morgan fingerprint density at radius 1 is 1.33 bits per heavy atom. The van der Waals surface area contributed by atoms with Crippen molar-refractivity contribution in [3.8, 4) is 0 Å². The summed E-state index contributed by atoms with van der Waals surface area (Å²) in [7, 11) is 0. The Morgan fingerprint density at radius 2 is 2.17 bits per heavy atom. The second kappa shape index (κ2) is 6.08. The molecule has 1 aliphatic rings. The molecule has 1 aliphatic carbocycles. The smallest absolute Gasteiger partial charge is 0.0408 e. The molecule has 1 saturated carbocycles. The molecule has 1 nitrogen and oxygen atoms in total. The standard InChI is InChI=1S/C16H24ClN/c1-2-13-6-4-9-16(18,10-8-13)12-14-5-3-7-15(17)11-14/h3,5,7,11,13H,2,4,6,8-10,12,18H2,1H3. The van der Waals surface area contributed by atoms with Gasteiger partial charge in [0.2, 0.25) is 0 Å². The van der Waals surface area contributed by atoms with Crippen molar-refractivity contribution in [3.05, 3.63) is 34.9 Å². The lowest BCUT2D eigenvalue weighted by atomic mass is 9.84. The summed E-state index contributed by atoms with van der Waals surface area (Å²) < 4.78 is 0. The van der Waals surface area contributed by atoms with Crippen molar-refractivity contribution in [1.29, 1.82) is 0 Å². The maximum atomic E-state index is 6.62. The molecular formula is C16H24ClN. The molecule has 2 rings (SSSR count). The predicted octanol–water partition coefficient (Wildman–Crippen LogP) is 4.57. The number of hydrogen-bond acceptors (Lipinski definition) is 1. The van der Waals surface area contributed by atoms with Gasteiger partial charge in [0.1, 0.15) is 0 Å². The molecule has 0 saturated heterocycles. The summed E-state index contributed by atoms with van der Waals surface area (Å²) in [5.74, 6) is 0.884. The fourth-order valence-corrected chi connectivity index (χ4v) is 3.36. The Bertz CT molecular complexity index is 390. The first-order valence-corrected chi connectivity index (χ1v) is 7.52. The van der Waals surface area contributed by atoms with Gasteiger partial charge in [-0.25, -0.2) is 0 Å². The van der Waals surface area contributed by atoms with Crippen molar-refractivity contribution >= 4 is 11.6 Å². The van der Waals surface area contributed by atoms with E-state index in [-0.39, 0.29) is 5.54 Å². The molecule has 18 heavy (non-hydrogen) atoms. The highest BCUT2D eigenvalue weighted by Crippen LogP contribution is 2.32. The predicted molar refractivity (Wildman–Crippen MR) is 78.9 cm³/mol. The van der Waals surface area contributed by atoms with E-state index >= 15 is 0 Å². The summed E-state index contributed by atoms with van der Waals surface area (Å²) in [6.45, 7) is 2.30. The third-order valence-corrected chi connectivity index (χ3v) is 4.60. The van der Waals surface area contributed by atoms with Crippen LogP contribution in [-0.4, -0.2) is 5.54 Å². The Morgan fingerprint density at radius 3 is 2.89 bits per heavy atom. The zero-order valence-electron chi connectivity index (χ0n) is 11.3. The summed E-state index contributed by atoms with van der Waals surface area (Å²) in [4.78, 5) is 0. The first kappa shape index (κ1) is 13.9. The van der Waals surface area contributed by atoms with Crippen molar-refractivity contribution in [2.75, 3.05) is 0 Å². The summed E-state index contributed by atoms with van der Waals surface area (Å²) in [5, 5.41) is 0.816. The summed E-state index contributed by atoms with van der Waals surface area (Å²) in [5.41, 5.74) is 7.87. The van der Waals surface area contributed by atoms with Gasteiger partial charge in [-0.2, -0.15) is 0 Å². The Balaban J connectivity index is 2.02. The van der Waals surface area contributed by atoms with Crippen molar-refractivity contribution in [3.63, 3.8) is 0 Å². The molecule has 1 fully saturated rings. The molecule has 0 aliphatic heterocycles. The average Bonchev–Trinajstić information content (AvgIpc) is 2.51. The van der Waals surface area contributed by atoms with E-state index in [0.717, 1.165) is 30.2 Å². The molecule has 1 aromatic rings. The van der Waals surface area contributed by atoms with Crippen LogP contribution in [0.4, 0.5) is 0 Å². The van der Waals surface area contributed by atoms with Gasteiger partial charge in [-0.3, -0.25) is 0 Å². The van der Waals surface area contributed by atoms with Crippen LogP contribution in [-0.2, 0) is 6.42 Å². The van der Waals surface area contributed by atoms with Gasteiger partial charge in [0.05, 0.1) is 0 Å². The minimum atomic E-state index is -0.0192. The zero-order chi connectivity index (χ0) is 13.0. The van der Waals surface area contributed by atoms with Gasteiger partial charge >= 0.3 is 0 Å². The first-order valence-electron chi connectivity index (χ1n) is 7.15. The topological polar surface area (TPSA) is 26.0 Å². The second-order valence-corrected chi connectivity index (χ2v) is 6.31. The third-order valence-electron chi connectivity index (χ3n) is 4.36. The molecule has 2 atom stereocenters. The first-order chi connectivity index (χ1) is 8.61. The zero-order valence-corrected chi connectivity index (χ0v) is 12.0. The molecule has 2 heteroatoms. The van der Waals surface area contributed by atoms with E-state index < -0.39 is 0 Å². The van der Waals surface area contributed by atoms with Crippen LogP contribution < -0.4 is 5.73 Å². The highest BCUT2D eigenvalue weighted by atomic mass is 35.5. The van der Waals surface area contributed by atoms with Gasteiger partial charge in [0.25, 0.3) is 0 Å². The molecule has 0 spiro atoms. The van der Waals surface area contributed by atoms with Crippen LogP contribution in [0.1, 0.15) is 51.0 Å². The maximum Gasteiger partial charge on any atom is 0.0408 e. The van der Waals surface area contributed by atoms with E-state index in [1.54, 1.807) is 0 Å². The summed E-state index contributed by atoms with van der Waals surface area (Å²) in [6.07, 6.45) is 8.47. The fraction of sp³-hybridized carbons (Fsp3) is 0.625. The maximum absolute atomic E-state index is 6.62. The van der Waals surface area contributed by atoms with E-state index in [1.807, 2.05) is 12.1 Å². The lowest BCUT2D eigenvalue weighted by Crippen LogP contribution is -2.41. The third kappa shape index (κ3) is 3.73. The van der Waals surface area contributed by atoms with Crippen LogP contribution in [0.3, 0.4) is 0 Å². The van der Waals surface area contributed by atoms with E-state index in [0.29, 0.717) is 0 Å². The second-order valence-electron chi connectivity index (χ2n) is 5.87. The molecule has 0 bridgehead atoms. The SMILES string of the molecule is CCC1CCCC(N)(Cc2cccc(Cl)c2)CC1. The number of benzene rings is 1. The largest absolute Gasteiger partial charge is 0.325 e. The van der Waals surface area contributed by atoms with E-state index in [4.69, 9.17) is 17.3 Å². The Labute approximate surface area is 116 Å². The van der Waals surface area contributed by atoms with Gasteiger partial charge in [-0.1, -0.05) is 49.9 Å². The average molecular weight is 266 g/mol. The quantitative estimate of drug-likeness (QED) is 0.796. The van der Waals surface area contributed by atoms with Gasteiger partial charge in [0, 0.05) is 10.6 Å². The van der Waals surface area contributed by atoms with Crippen LogP contribution >= 0.6 is 11.6 Å². The molecule has 100 valence electrons. The molecule has 2 unspecified atom stereocenters. The lowest BCUT2D eigenvalue weighted by molar-refractivity contribution is 0.358. The molecule has 0 amide bonds. The Hall–Kier alpha value is -0.530. The highest BCUT2D eigenvalue weighted by molar-refractivity contribution is 6.30. The van der Waals surface area contributed by atoms with Crippen molar-refractivity contribution < 1.29 is 0 Å². The minimum absolute atomic E-state index is 0.0192. The summed E-state index contributed by atoms with van der Waals surface area (Å²) in [6, 6.07) is 8.14. The van der Waals surface area contributed by atoms with E-state index in [1.165, 1.54) is 31.2 Å². The monoisotopic (exact) mass is 265 g/mol. The van der Waals surface area contributed by atoms with Gasteiger partial charge in [0.15, 0.2) is 0 Å². The summed E-state index contributed by atoms with van der Waals surface area (Å²) >= 11 is 6.04. The van der Waals surface area contributed by atoms with Gasteiger partial charge < -0.3 is 5.73 Å². The fourth-order valence-electron chi connectivity index (χ4n) is 3.14. The molecule has 0 aromatic heterocycles. The molecular weight excluding hydrogens is 242 g/mol. The minimum Gasteiger partial charge on any atom is -0.325 e. The van der Waals surface area contributed by atoms with Gasteiger partial charge in [-0.05, 0) is 49.3 Å². The van der Waals surface area contributed by atoms with E-state index in [9.17, 15) is 0 Å². The van der Waals surface area contributed by atoms with Gasteiger partial charge in [-0.15, -0.1) is 0 Å². The molecule has 0 heterocycles. The van der Waals surface area contributed by atoms with E-state index in [2.05, 4.69) is 19.1 Å². The van der Waals surface area contributed by atoms with Crippen LogP contribution in [0.5, 0.6) is 0 Å². The molecule has 0 radical (unpaired) electrons. The Kier molecular flexibility index (Phi) is 4.69. The lowest BCUT2D eigenvalue weighted by Gasteiger charge is -2.28. The van der Waals surface area contributed by atoms with Crippen molar-refractivity contribution in [1.82, 2.24) is 0 Å². The van der Waals surface area contributed by atoms with Crippen LogP contribution in [0, 0.1) is 5.92 Å². The molecule has 1 aromatic carbocycles. The highest BCUT2D eigenvalue weighted by Gasteiger charge is 2.28. The number of halogens is 1. The van der Waals surface area contributed by atoms with Crippen LogP contribution in [0.2, 0.25) is 5.02 Å². The number of nitrogens with two attached hydrogens (primary N) is 1. The number of rotatable bonds is 3. The van der Waals surface area contributed by atoms with Crippen LogP contribution in [0.25, 0.3) is 0 Å². The van der Waals surface area contributed by atoms with Crippen molar-refractivity contribution in [2.24, 2.45) is 11.7 Å². The number of hydrogen-bond donors (Lipinski definition) is 1. The normalized spacial score (nSPS) is 28.9.